The molecule has 0 saturated carbocycles. The number of hydrogen-bond acceptors (Lipinski definition) is 4. The van der Waals surface area contributed by atoms with E-state index in [-0.39, 0.29) is 11.4 Å². The van der Waals surface area contributed by atoms with Gasteiger partial charge in [0.05, 0.1) is 18.9 Å². The van der Waals surface area contributed by atoms with Gasteiger partial charge in [-0.2, -0.15) is 0 Å². The first kappa shape index (κ1) is 10.8. The third-order valence-electron chi connectivity index (χ3n) is 2.97. The van der Waals surface area contributed by atoms with Crippen molar-refractivity contribution >= 4 is 5.97 Å². The van der Waals surface area contributed by atoms with Gasteiger partial charge >= 0.3 is 5.97 Å². The van der Waals surface area contributed by atoms with E-state index in [4.69, 9.17) is 15.2 Å². The van der Waals surface area contributed by atoms with Crippen molar-refractivity contribution in [2.75, 3.05) is 7.11 Å². The van der Waals surface area contributed by atoms with Gasteiger partial charge in [-0.3, -0.25) is 0 Å². The summed E-state index contributed by atoms with van der Waals surface area (Å²) in [4.78, 5) is 11.7. The molecule has 0 spiro atoms. The van der Waals surface area contributed by atoms with Crippen LogP contribution in [-0.2, 0) is 14.3 Å². The fourth-order valence-corrected chi connectivity index (χ4v) is 2.18. The van der Waals surface area contributed by atoms with Crippen LogP contribution >= 0.6 is 0 Å². The van der Waals surface area contributed by atoms with E-state index >= 15 is 0 Å². The number of carbonyl (C=O) groups is 1. The predicted molar refractivity (Wildman–Crippen MR) is 58.9 cm³/mol. The van der Waals surface area contributed by atoms with Gasteiger partial charge in [0.1, 0.15) is 5.76 Å². The van der Waals surface area contributed by atoms with Crippen LogP contribution in [0.5, 0.6) is 0 Å². The molecular formula is C12H15NO3. The summed E-state index contributed by atoms with van der Waals surface area (Å²) >= 11 is 0. The van der Waals surface area contributed by atoms with Crippen LogP contribution in [-0.4, -0.2) is 13.1 Å². The number of ether oxygens (including phenoxy) is 2. The van der Waals surface area contributed by atoms with E-state index in [0.29, 0.717) is 23.5 Å². The Morgan fingerprint density at radius 1 is 1.56 bits per heavy atom. The summed E-state index contributed by atoms with van der Waals surface area (Å²) in [5.41, 5.74) is 7.70. The Morgan fingerprint density at radius 2 is 2.25 bits per heavy atom. The summed E-state index contributed by atoms with van der Waals surface area (Å²) in [5.74, 6) is 0.218. The molecule has 0 aromatic carbocycles. The number of carbonyl (C=O) groups excluding carboxylic acids is 1. The molecule has 0 atom stereocenters. The molecule has 0 unspecified atom stereocenters. The predicted octanol–water partition coefficient (Wildman–Crippen LogP) is 1.60. The summed E-state index contributed by atoms with van der Waals surface area (Å²) < 4.78 is 10.2. The third-order valence-corrected chi connectivity index (χ3v) is 2.97. The van der Waals surface area contributed by atoms with Crippen LogP contribution in [0, 0.1) is 5.41 Å². The molecule has 0 aromatic heterocycles. The van der Waals surface area contributed by atoms with Gasteiger partial charge in [0.15, 0.2) is 0 Å². The first-order valence-corrected chi connectivity index (χ1v) is 5.12. The largest absolute Gasteiger partial charge is 0.466 e. The van der Waals surface area contributed by atoms with Crippen LogP contribution in [0.4, 0.5) is 0 Å². The van der Waals surface area contributed by atoms with E-state index in [1.54, 1.807) is 6.08 Å². The molecule has 0 fully saturated rings. The second-order valence-corrected chi connectivity index (χ2v) is 4.61. The Bertz CT molecular complexity index is 441. The average molecular weight is 221 g/mol. The van der Waals surface area contributed by atoms with Gasteiger partial charge in [-0.05, 0) is 12.5 Å². The highest BCUT2D eigenvalue weighted by atomic mass is 16.5. The first-order chi connectivity index (χ1) is 7.47. The van der Waals surface area contributed by atoms with Crippen molar-refractivity contribution in [1.29, 1.82) is 0 Å². The van der Waals surface area contributed by atoms with E-state index < -0.39 is 0 Å². The van der Waals surface area contributed by atoms with Gasteiger partial charge in [0, 0.05) is 16.7 Å². The lowest BCUT2D eigenvalue weighted by Crippen LogP contribution is -2.19. The van der Waals surface area contributed by atoms with Gasteiger partial charge in [-0.15, -0.1) is 0 Å². The molecule has 2 rings (SSSR count). The number of methoxy groups -OCH3 is 1. The minimum Gasteiger partial charge on any atom is -0.466 e. The summed E-state index contributed by atoms with van der Waals surface area (Å²) in [6, 6.07) is 0. The highest BCUT2D eigenvalue weighted by molar-refractivity contribution is 5.92. The fourth-order valence-electron chi connectivity index (χ4n) is 2.18. The van der Waals surface area contributed by atoms with Crippen LogP contribution in [0.2, 0.25) is 0 Å². The minimum atomic E-state index is -0.349. The fraction of sp³-hybridized carbons (Fsp3) is 0.417. The molecule has 16 heavy (non-hydrogen) atoms. The molecular weight excluding hydrogens is 206 g/mol. The van der Waals surface area contributed by atoms with Crippen LogP contribution in [0.15, 0.2) is 34.9 Å². The Hall–Kier alpha value is -1.71. The third kappa shape index (κ3) is 1.41. The number of fused-ring (bicyclic) bond motifs is 1. The number of nitrogens with two attached hydrogens (primary N) is 1. The molecule has 0 amide bonds. The topological polar surface area (TPSA) is 61.5 Å². The first-order valence-electron chi connectivity index (χ1n) is 5.12. The van der Waals surface area contributed by atoms with E-state index in [0.717, 1.165) is 5.57 Å². The van der Waals surface area contributed by atoms with Gasteiger partial charge in [-0.1, -0.05) is 13.8 Å². The molecule has 1 aliphatic heterocycles. The maximum absolute atomic E-state index is 11.7. The zero-order chi connectivity index (χ0) is 11.9. The molecule has 2 N–H and O–H groups in total. The average Bonchev–Trinajstić information content (AvgIpc) is 2.49. The lowest BCUT2D eigenvalue weighted by molar-refractivity contribution is -0.137. The maximum atomic E-state index is 11.7. The second-order valence-electron chi connectivity index (χ2n) is 4.61. The van der Waals surface area contributed by atoms with Crippen LogP contribution in [0.1, 0.15) is 20.3 Å². The summed E-state index contributed by atoms with van der Waals surface area (Å²) in [6.07, 6.45) is 3.90. The molecule has 0 aromatic rings. The van der Waals surface area contributed by atoms with Crippen LogP contribution < -0.4 is 5.73 Å². The van der Waals surface area contributed by atoms with Gasteiger partial charge in [-0.25, -0.2) is 4.79 Å². The molecule has 0 saturated heterocycles. The van der Waals surface area contributed by atoms with E-state index in [9.17, 15) is 4.79 Å². The zero-order valence-electron chi connectivity index (χ0n) is 9.66. The van der Waals surface area contributed by atoms with Crippen LogP contribution in [0.3, 0.4) is 0 Å². The zero-order valence-corrected chi connectivity index (χ0v) is 9.66. The Labute approximate surface area is 94.4 Å². The van der Waals surface area contributed by atoms with Gasteiger partial charge < -0.3 is 15.2 Å². The van der Waals surface area contributed by atoms with Crippen molar-refractivity contribution in [2.24, 2.45) is 11.1 Å². The minimum absolute atomic E-state index is 0.297. The lowest BCUT2D eigenvalue weighted by Gasteiger charge is -2.19. The molecule has 1 aliphatic carbocycles. The van der Waals surface area contributed by atoms with Crippen molar-refractivity contribution in [1.82, 2.24) is 0 Å². The Balaban J connectivity index is 2.57. The van der Waals surface area contributed by atoms with Crippen molar-refractivity contribution < 1.29 is 14.3 Å². The highest BCUT2D eigenvalue weighted by Gasteiger charge is 2.43. The van der Waals surface area contributed by atoms with E-state index in [1.165, 1.54) is 13.4 Å². The maximum Gasteiger partial charge on any atom is 0.338 e. The highest BCUT2D eigenvalue weighted by Crippen LogP contribution is 2.48. The summed E-state index contributed by atoms with van der Waals surface area (Å²) in [7, 11) is 1.37. The van der Waals surface area contributed by atoms with Gasteiger partial charge in [0.25, 0.3) is 0 Å². The van der Waals surface area contributed by atoms with E-state index in [2.05, 4.69) is 0 Å². The number of allylic oxidation sites excluding steroid dienone is 2. The second kappa shape index (κ2) is 3.40. The van der Waals surface area contributed by atoms with E-state index in [1.807, 2.05) is 13.8 Å². The van der Waals surface area contributed by atoms with Crippen molar-refractivity contribution in [3.63, 3.8) is 0 Å². The lowest BCUT2D eigenvalue weighted by atomic mass is 9.85. The van der Waals surface area contributed by atoms with Crippen molar-refractivity contribution in [3.8, 4) is 0 Å². The van der Waals surface area contributed by atoms with Crippen molar-refractivity contribution in [2.45, 2.75) is 20.3 Å². The van der Waals surface area contributed by atoms with Crippen molar-refractivity contribution in [3.05, 3.63) is 34.9 Å². The smallest absolute Gasteiger partial charge is 0.338 e. The van der Waals surface area contributed by atoms with Gasteiger partial charge in [0.2, 0.25) is 0 Å². The molecule has 4 nitrogen and oxygen atoms in total. The number of hydrogen-bond donors (Lipinski definition) is 1. The molecule has 0 radical (unpaired) electrons. The number of esters is 1. The monoisotopic (exact) mass is 221 g/mol. The molecule has 0 bridgehead atoms. The molecule has 1 heterocycles. The molecule has 4 heteroatoms. The summed E-state index contributed by atoms with van der Waals surface area (Å²) in [6.45, 7) is 3.96. The summed E-state index contributed by atoms with van der Waals surface area (Å²) in [5, 5.41) is 0. The Morgan fingerprint density at radius 3 is 2.88 bits per heavy atom. The number of rotatable bonds is 1. The molecule has 2 aliphatic rings. The standard InChI is InChI=1S/C12H15NO3/c1-12(2)6-7-8(13)4-5-16-10(7)9(12)11(14)15-3/h4-5H,6,13H2,1-3H3. The van der Waals surface area contributed by atoms with Crippen LogP contribution in [0.25, 0.3) is 0 Å². The quantitative estimate of drug-likeness (QED) is 0.683. The molecule has 86 valence electrons. The SMILES string of the molecule is COC(=O)C1=C2OC=CC(N)=C2CC1(C)C. The Kier molecular flexibility index (Phi) is 2.30. The normalized spacial score (nSPS) is 21.9.